The zero-order valence-corrected chi connectivity index (χ0v) is 17.2. The number of carbonyl (C=O) groups is 1. The smallest absolute Gasteiger partial charge is 0.220 e. The number of nitrogens with one attached hydrogen (secondary N) is 1. The number of hydrogen-bond acceptors (Lipinski definition) is 3. The van der Waals surface area contributed by atoms with Gasteiger partial charge in [0.15, 0.2) is 11.5 Å². The molecular formula is C22H35NO3. The molecule has 1 rings (SSSR count). The first-order chi connectivity index (χ1) is 12.2. The zero-order chi connectivity index (χ0) is 19.6. The van der Waals surface area contributed by atoms with Crippen molar-refractivity contribution in [1.82, 2.24) is 5.32 Å². The maximum atomic E-state index is 12.0. The highest BCUT2D eigenvalue weighted by molar-refractivity contribution is 5.75. The van der Waals surface area contributed by atoms with E-state index < -0.39 is 0 Å². The van der Waals surface area contributed by atoms with Gasteiger partial charge in [0.1, 0.15) is 5.60 Å². The van der Waals surface area contributed by atoms with Gasteiger partial charge in [-0.1, -0.05) is 32.1 Å². The highest BCUT2D eigenvalue weighted by Crippen LogP contribution is 2.31. The van der Waals surface area contributed by atoms with Crippen molar-refractivity contribution in [2.75, 3.05) is 7.11 Å². The van der Waals surface area contributed by atoms with Gasteiger partial charge in [0.2, 0.25) is 5.91 Å². The Morgan fingerprint density at radius 1 is 1.19 bits per heavy atom. The lowest BCUT2D eigenvalue weighted by atomic mass is 10.1. The highest BCUT2D eigenvalue weighted by Gasteiger charge is 2.15. The van der Waals surface area contributed by atoms with E-state index in [0.29, 0.717) is 30.4 Å². The maximum Gasteiger partial charge on any atom is 0.220 e. The Balaban J connectivity index is 2.41. The van der Waals surface area contributed by atoms with E-state index in [-0.39, 0.29) is 11.5 Å². The van der Waals surface area contributed by atoms with Gasteiger partial charge >= 0.3 is 0 Å². The average Bonchev–Trinajstić information content (AvgIpc) is 2.55. The van der Waals surface area contributed by atoms with Gasteiger partial charge in [-0.05, 0) is 63.6 Å². The van der Waals surface area contributed by atoms with Crippen LogP contribution in [0, 0.1) is 5.92 Å². The topological polar surface area (TPSA) is 47.6 Å². The Hall–Kier alpha value is -1.97. The molecule has 26 heavy (non-hydrogen) atoms. The van der Waals surface area contributed by atoms with Crippen molar-refractivity contribution in [2.45, 2.75) is 72.4 Å². The van der Waals surface area contributed by atoms with Gasteiger partial charge in [0.25, 0.3) is 0 Å². The zero-order valence-electron chi connectivity index (χ0n) is 17.2. The number of rotatable bonds is 10. The van der Waals surface area contributed by atoms with Crippen molar-refractivity contribution in [3.8, 4) is 11.5 Å². The molecule has 1 aromatic rings. The van der Waals surface area contributed by atoms with Crippen LogP contribution >= 0.6 is 0 Å². The molecule has 0 aliphatic heterocycles. The monoisotopic (exact) mass is 361 g/mol. The minimum atomic E-state index is -0.284. The molecule has 1 N–H and O–H groups in total. The number of unbranched alkanes of at least 4 members (excludes halogenated alkanes) is 2. The third-order valence-corrected chi connectivity index (χ3v) is 3.68. The molecule has 4 nitrogen and oxygen atoms in total. The largest absolute Gasteiger partial charge is 0.493 e. The molecule has 0 radical (unpaired) electrons. The summed E-state index contributed by atoms with van der Waals surface area (Å²) in [6.07, 6.45) is 7.98. The Morgan fingerprint density at radius 3 is 2.54 bits per heavy atom. The molecule has 0 aliphatic rings. The van der Waals surface area contributed by atoms with Crippen LogP contribution in [-0.4, -0.2) is 18.6 Å². The van der Waals surface area contributed by atoms with Crippen LogP contribution in [0.5, 0.6) is 11.5 Å². The summed E-state index contributed by atoms with van der Waals surface area (Å²) in [6.45, 7) is 10.8. The quantitative estimate of drug-likeness (QED) is 0.457. The molecule has 0 unspecified atom stereocenters. The van der Waals surface area contributed by atoms with Gasteiger partial charge in [0.05, 0.1) is 7.11 Å². The molecule has 4 heteroatoms. The van der Waals surface area contributed by atoms with Crippen LogP contribution in [0.4, 0.5) is 0 Å². The van der Waals surface area contributed by atoms with Crippen LogP contribution in [0.25, 0.3) is 0 Å². The van der Waals surface area contributed by atoms with Crippen molar-refractivity contribution in [3.05, 3.63) is 35.9 Å². The second-order valence-corrected chi connectivity index (χ2v) is 7.89. The second-order valence-electron chi connectivity index (χ2n) is 7.89. The van der Waals surface area contributed by atoms with E-state index in [9.17, 15) is 4.79 Å². The van der Waals surface area contributed by atoms with Crippen LogP contribution in [0.3, 0.4) is 0 Å². The van der Waals surface area contributed by atoms with Gasteiger partial charge in [-0.15, -0.1) is 0 Å². The maximum absolute atomic E-state index is 12.0. The Labute approximate surface area is 159 Å². The molecule has 0 saturated heterocycles. The number of carbonyl (C=O) groups excluding carboxylic acids is 1. The number of amides is 1. The number of benzene rings is 1. The molecule has 0 fully saturated rings. The Bertz CT molecular complexity index is 586. The summed E-state index contributed by atoms with van der Waals surface area (Å²) in [7, 11) is 1.63. The van der Waals surface area contributed by atoms with E-state index in [2.05, 4.69) is 31.3 Å². The number of ether oxygens (including phenoxy) is 2. The van der Waals surface area contributed by atoms with E-state index in [1.807, 2.05) is 39.0 Å². The molecule has 0 aromatic heterocycles. The third kappa shape index (κ3) is 9.50. The predicted molar refractivity (Wildman–Crippen MR) is 108 cm³/mol. The van der Waals surface area contributed by atoms with Crippen molar-refractivity contribution in [2.24, 2.45) is 5.92 Å². The van der Waals surface area contributed by atoms with E-state index in [1.54, 1.807) is 7.11 Å². The molecule has 0 aliphatic carbocycles. The summed E-state index contributed by atoms with van der Waals surface area (Å²) in [5.74, 6) is 2.08. The standard InChI is InChI=1S/C22H35NO3/c1-17(2)11-9-7-8-10-12-21(24)23-16-18-13-14-19(20(15-18)25-6)26-22(3,4)5/h9,11,13-15,17H,7-8,10,12,16H2,1-6H3,(H,23,24)/b11-9-. The second kappa shape index (κ2) is 10.9. The van der Waals surface area contributed by atoms with E-state index in [0.717, 1.165) is 24.8 Å². The first-order valence-electron chi connectivity index (χ1n) is 9.50. The fraction of sp³-hybridized carbons (Fsp3) is 0.591. The summed E-state index contributed by atoms with van der Waals surface area (Å²) in [5, 5.41) is 2.97. The molecular weight excluding hydrogens is 326 g/mol. The van der Waals surface area contributed by atoms with E-state index in [4.69, 9.17) is 9.47 Å². The lowest BCUT2D eigenvalue weighted by Gasteiger charge is -2.23. The van der Waals surface area contributed by atoms with Gasteiger partial charge in [-0.3, -0.25) is 4.79 Å². The van der Waals surface area contributed by atoms with Crippen LogP contribution in [0.1, 0.15) is 65.9 Å². The molecule has 1 aromatic carbocycles. The van der Waals surface area contributed by atoms with E-state index in [1.165, 1.54) is 0 Å². The molecule has 146 valence electrons. The Morgan fingerprint density at radius 2 is 1.92 bits per heavy atom. The highest BCUT2D eigenvalue weighted by atomic mass is 16.5. The third-order valence-electron chi connectivity index (χ3n) is 3.68. The summed E-state index contributed by atoms with van der Waals surface area (Å²) in [6, 6.07) is 5.77. The lowest BCUT2D eigenvalue weighted by molar-refractivity contribution is -0.121. The van der Waals surface area contributed by atoms with Crippen LogP contribution < -0.4 is 14.8 Å². The van der Waals surface area contributed by atoms with Gasteiger partial charge in [-0.2, -0.15) is 0 Å². The summed E-state index contributed by atoms with van der Waals surface area (Å²) >= 11 is 0. The van der Waals surface area contributed by atoms with Crippen molar-refractivity contribution >= 4 is 5.91 Å². The molecule has 0 atom stereocenters. The fourth-order valence-electron chi connectivity index (χ4n) is 2.44. The summed E-state index contributed by atoms with van der Waals surface area (Å²) in [5.41, 5.74) is 0.712. The predicted octanol–water partition coefficient (Wildman–Crippen LogP) is 5.26. The van der Waals surface area contributed by atoms with Crippen LogP contribution in [0.15, 0.2) is 30.4 Å². The van der Waals surface area contributed by atoms with Crippen molar-refractivity contribution < 1.29 is 14.3 Å². The number of methoxy groups -OCH3 is 1. The van der Waals surface area contributed by atoms with E-state index >= 15 is 0 Å². The molecule has 0 bridgehead atoms. The van der Waals surface area contributed by atoms with Gasteiger partial charge in [-0.25, -0.2) is 0 Å². The van der Waals surface area contributed by atoms with Crippen LogP contribution in [0.2, 0.25) is 0 Å². The number of hydrogen-bond donors (Lipinski definition) is 1. The average molecular weight is 362 g/mol. The molecule has 0 saturated carbocycles. The molecule has 0 spiro atoms. The van der Waals surface area contributed by atoms with Gasteiger partial charge in [0, 0.05) is 13.0 Å². The minimum absolute atomic E-state index is 0.0897. The minimum Gasteiger partial charge on any atom is -0.493 e. The molecule has 0 heterocycles. The Kier molecular flexibility index (Phi) is 9.25. The lowest BCUT2D eigenvalue weighted by Crippen LogP contribution is -2.24. The summed E-state index contributed by atoms with van der Waals surface area (Å²) < 4.78 is 11.3. The first-order valence-corrected chi connectivity index (χ1v) is 9.50. The van der Waals surface area contributed by atoms with Gasteiger partial charge < -0.3 is 14.8 Å². The summed E-state index contributed by atoms with van der Waals surface area (Å²) in [4.78, 5) is 12.0. The van der Waals surface area contributed by atoms with Crippen molar-refractivity contribution in [3.63, 3.8) is 0 Å². The number of allylic oxidation sites excluding steroid dienone is 2. The normalized spacial score (nSPS) is 11.8. The van der Waals surface area contributed by atoms with Crippen molar-refractivity contribution in [1.29, 1.82) is 0 Å². The van der Waals surface area contributed by atoms with Crippen LogP contribution in [-0.2, 0) is 11.3 Å². The first kappa shape index (κ1) is 22.1. The molecule has 1 amide bonds. The fourth-order valence-corrected chi connectivity index (χ4v) is 2.44. The SMILES string of the molecule is COc1cc(CNC(=O)CCCC/C=C\C(C)C)ccc1OC(C)(C)C.